The minimum atomic E-state index is -2.10. The summed E-state index contributed by atoms with van der Waals surface area (Å²) in [7, 11) is 0. The predicted molar refractivity (Wildman–Crippen MR) is 89.6 cm³/mol. The molecule has 2 rings (SSSR count). The van der Waals surface area contributed by atoms with Gasteiger partial charge >= 0.3 is 0 Å². The van der Waals surface area contributed by atoms with E-state index in [0.29, 0.717) is 5.56 Å². The van der Waals surface area contributed by atoms with Crippen LogP contribution >= 0.6 is 0 Å². The van der Waals surface area contributed by atoms with Crippen molar-refractivity contribution in [2.45, 2.75) is 32.4 Å². The van der Waals surface area contributed by atoms with Crippen LogP contribution in [0.2, 0.25) is 0 Å². The van der Waals surface area contributed by atoms with Crippen LogP contribution in [0.25, 0.3) is 0 Å². The molecule has 0 aromatic heterocycles. The fourth-order valence-corrected chi connectivity index (χ4v) is 3.75. The van der Waals surface area contributed by atoms with Crippen molar-refractivity contribution in [2.24, 2.45) is 0 Å². The van der Waals surface area contributed by atoms with E-state index in [0.717, 1.165) is 22.3 Å². The Bertz CT molecular complexity index is 685. The smallest absolute Gasteiger partial charge is 0.164 e. The van der Waals surface area contributed by atoms with Crippen molar-refractivity contribution in [1.29, 1.82) is 0 Å². The van der Waals surface area contributed by atoms with Crippen molar-refractivity contribution in [3.8, 4) is 0 Å². The van der Waals surface area contributed by atoms with Gasteiger partial charge in [0.2, 0.25) is 0 Å². The highest BCUT2D eigenvalue weighted by Gasteiger charge is 2.25. The van der Waals surface area contributed by atoms with E-state index >= 15 is 0 Å². The van der Waals surface area contributed by atoms with Crippen LogP contribution in [-0.4, -0.2) is 14.5 Å². The van der Waals surface area contributed by atoms with E-state index < -0.39 is 16.3 Å². The molecule has 0 bridgehead atoms. The number of aryl methyl sites for hydroxylation is 3. The molecular formula is C18H20O3S. The van der Waals surface area contributed by atoms with Gasteiger partial charge in [0.05, 0.1) is 5.25 Å². The number of hydrogen-bond acceptors (Lipinski definition) is 2. The van der Waals surface area contributed by atoms with Crippen LogP contribution in [-0.2, 0) is 11.1 Å². The van der Waals surface area contributed by atoms with Crippen molar-refractivity contribution in [3.05, 3.63) is 70.3 Å². The van der Waals surface area contributed by atoms with Crippen molar-refractivity contribution < 1.29 is 13.6 Å². The Morgan fingerprint density at radius 2 is 1.64 bits per heavy atom. The average molecular weight is 316 g/mol. The van der Waals surface area contributed by atoms with E-state index in [9.17, 15) is 13.6 Å². The molecule has 1 N–H and O–H groups in total. The minimum Gasteiger partial charge on any atom is -0.306 e. The SMILES string of the molecule is Cc1cc(C)c(C(CC(=O)c2ccccc2)S(=O)O)c(C)c1. The summed E-state index contributed by atoms with van der Waals surface area (Å²) < 4.78 is 21.5. The summed E-state index contributed by atoms with van der Waals surface area (Å²) >= 11 is -2.10. The van der Waals surface area contributed by atoms with Gasteiger partial charge in [-0.3, -0.25) is 4.79 Å². The molecule has 0 spiro atoms. The molecule has 0 saturated carbocycles. The van der Waals surface area contributed by atoms with Crippen LogP contribution in [0, 0.1) is 20.8 Å². The lowest BCUT2D eigenvalue weighted by Crippen LogP contribution is -2.14. The molecule has 2 aromatic carbocycles. The third kappa shape index (κ3) is 3.70. The number of carbonyl (C=O) groups is 1. The maximum absolute atomic E-state index is 12.4. The molecule has 0 saturated heterocycles. The van der Waals surface area contributed by atoms with Gasteiger partial charge in [0.1, 0.15) is 0 Å². The molecule has 0 aliphatic rings. The summed E-state index contributed by atoms with van der Waals surface area (Å²) in [6.07, 6.45) is 0.0257. The summed E-state index contributed by atoms with van der Waals surface area (Å²) in [5, 5.41) is -0.701. The topological polar surface area (TPSA) is 54.4 Å². The van der Waals surface area contributed by atoms with Gasteiger partial charge in [0.15, 0.2) is 16.9 Å². The van der Waals surface area contributed by atoms with Crippen LogP contribution in [0.15, 0.2) is 42.5 Å². The van der Waals surface area contributed by atoms with Crippen LogP contribution in [0.1, 0.15) is 44.3 Å². The number of rotatable bonds is 5. The zero-order chi connectivity index (χ0) is 16.3. The Morgan fingerprint density at radius 1 is 1.09 bits per heavy atom. The van der Waals surface area contributed by atoms with Crippen molar-refractivity contribution >= 4 is 16.9 Å². The van der Waals surface area contributed by atoms with Crippen LogP contribution < -0.4 is 0 Å². The Hall–Kier alpha value is -1.78. The molecule has 4 heteroatoms. The second kappa shape index (κ2) is 6.99. The van der Waals surface area contributed by atoms with Crippen LogP contribution in [0.4, 0.5) is 0 Å². The number of hydrogen-bond donors (Lipinski definition) is 1. The first-order valence-corrected chi connectivity index (χ1v) is 8.32. The minimum absolute atomic E-state index is 0.0257. The fourth-order valence-electron chi connectivity index (χ4n) is 2.88. The Morgan fingerprint density at radius 3 is 2.14 bits per heavy atom. The van der Waals surface area contributed by atoms with E-state index in [2.05, 4.69) is 0 Å². The first-order chi connectivity index (χ1) is 10.4. The van der Waals surface area contributed by atoms with Gasteiger partial charge in [0.25, 0.3) is 0 Å². The van der Waals surface area contributed by atoms with Crippen LogP contribution in [0.3, 0.4) is 0 Å². The predicted octanol–water partition coefficient (Wildman–Crippen LogP) is 4.15. The summed E-state index contributed by atoms with van der Waals surface area (Å²) in [5.74, 6) is -0.118. The molecule has 0 radical (unpaired) electrons. The molecular weight excluding hydrogens is 296 g/mol. The zero-order valence-corrected chi connectivity index (χ0v) is 13.8. The third-order valence-corrected chi connectivity index (χ3v) is 4.66. The Labute approximate surface area is 133 Å². The lowest BCUT2D eigenvalue weighted by Gasteiger charge is -2.19. The van der Waals surface area contributed by atoms with Gasteiger partial charge in [0, 0.05) is 12.0 Å². The maximum Gasteiger partial charge on any atom is 0.164 e. The molecule has 116 valence electrons. The molecule has 0 heterocycles. The molecule has 0 aliphatic carbocycles. The van der Waals surface area contributed by atoms with E-state index in [1.54, 1.807) is 24.3 Å². The Balaban J connectivity index is 2.36. The van der Waals surface area contributed by atoms with Crippen molar-refractivity contribution in [1.82, 2.24) is 0 Å². The molecule has 22 heavy (non-hydrogen) atoms. The molecule has 0 fully saturated rings. The largest absolute Gasteiger partial charge is 0.306 e. The molecule has 0 amide bonds. The quantitative estimate of drug-likeness (QED) is 0.666. The van der Waals surface area contributed by atoms with Gasteiger partial charge in [-0.2, -0.15) is 0 Å². The second-order valence-corrected chi connectivity index (χ2v) is 6.69. The third-order valence-electron chi connectivity index (χ3n) is 3.77. The first kappa shape index (κ1) is 16.6. The Kier molecular flexibility index (Phi) is 5.27. The maximum atomic E-state index is 12.4. The van der Waals surface area contributed by atoms with Gasteiger partial charge in [-0.1, -0.05) is 48.0 Å². The van der Waals surface area contributed by atoms with Crippen molar-refractivity contribution in [3.63, 3.8) is 0 Å². The highest BCUT2D eigenvalue weighted by molar-refractivity contribution is 7.79. The average Bonchev–Trinajstić information content (AvgIpc) is 2.45. The number of carbonyl (C=O) groups excluding carboxylic acids is 1. The highest BCUT2D eigenvalue weighted by Crippen LogP contribution is 2.31. The first-order valence-electron chi connectivity index (χ1n) is 7.15. The number of Topliss-reactive ketones (excluding diaryl/α,β-unsaturated/α-hetero) is 1. The van der Waals surface area contributed by atoms with Gasteiger partial charge in [-0.15, -0.1) is 0 Å². The van der Waals surface area contributed by atoms with E-state index in [1.807, 2.05) is 39.0 Å². The van der Waals surface area contributed by atoms with Gasteiger partial charge in [-0.05, 0) is 37.5 Å². The molecule has 3 nitrogen and oxygen atoms in total. The van der Waals surface area contributed by atoms with E-state index in [4.69, 9.17) is 0 Å². The van der Waals surface area contributed by atoms with E-state index in [-0.39, 0.29) is 12.2 Å². The number of benzene rings is 2. The summed E-state index contributed by atoms with van der Waals surface area (Å²) in [5.41, 5.74) is 4.38. The normalized spacial score (nSPS) is 13.6. The molecule has 0 aliphatic heterocycles. The van der Waals surface area contributed by atoms with Crippen LogP contribution in [0.5, 0.6) is 0 Å². The second-order valence-electron chi connectivity index (χ2n) is 5.57. The lowest BCUT2D eigenvalue weighted by atomic mass is 9.94. The zero-order valence-electron chi connectivity index (χ0n) is 13.0. The van der Waals surface area contributed by atoms with Gasteiger partial charge < -0.3 is 4.55 Å². The lowest BCUT2D eigenvalue weighted by molar-refractivity contribution is 0.0980. The van der Waals surface area contributed by atoms with Gasteiger partial charge in [-0.25, -0.2) is 4.21 Å². The van der Waals surface area contributed by atoms with E-state index in [1.165, 1.54) is 0 Å². The standard InChI is InChI=1S/C18H20O3S/c1-12-9-13(2)18(14(3)10-12)17(22(20)21)11-16(19)15-7-5-4-6-8-15/h4-10,17H,11H2,1-3H3,(H,20,21). The number of ketones is 1. The fraction of sp³-hybridized carbons (Fsp3) is 0.278. The summed E-state index contributed by atoms with van der Waals surface area (Å²) in [4.78, 5) is 12.4. The van der Waals surface area contributed by atoms with Crippen molar-refractivity contribution in [2.75, 3.05) is 0 Å². The molecule has 2 aromatic rings. The molecule has 2 unspecified atom stereocenters. The monoisotopic (exact) mass is 316 g/mol. The highest BCUT2D eigenvalue weighted by atomic mass is 32.2. The summed E-state index contributed by atoms with van der Waals surface area (Å²) in [6.45, 7) is 5.83. The summed E-state index contributed by atoms with van der Waals surface area (Å²) in [6, 6.07) is 12.8. The molecule has 2 atom stereocenters.